The molecule has 0 amide bonds. The first-order valence-corrected chi connectivity index (χ1v) is 10.6. The Hall–Kier alpha value is -0.490. The second kappa shape index (κ2) is 5.76. The van der Waals surface area contributed by atoms with Gasteiger partial charge in [0.05, 0.1) is 12.2 Å². The second-order valence-electron chi connectivity index (χ2n) is 10.1. The van der Waals surface area contributed by atoms with E-state index in [-0.39, 0.29) is 29.3 Å². The third-order valence-electron chi connectivity index (χ3n) is 9.46. The van der Waals surface area contributed by atoms with Gasteiger partial charge in [-0.2, -0.15) is 0 Å². The van der Waals surface area contributed by atoms with Gasteiger partial charge in [-0.3, -0.25) is 4.79 Å². The molecule has 5 nitrogen and oxygen atoms in total. The van der Waals surface area contributed by atoms with E-state index in [1.54, 1.807) is 0 Å². The van der Waals surface area contributed by atoms with Crippen molar-refractivity contribution in [1.29, 1.82) is 0 Å². The van der Waals surface area contributed by atoms with Gasteiger partial charge in [0.15, 0.2) is 12.1 Å². The van der Waals surface area contributed by atoms with E-state index < -0.39 is 18.3 Å². The molecule has 3 N–H and O–H groups in total. The van der Waals surface area contributed by atoms with Gasteiger partial charge in [0, 0.05) is 11.3 Å². The Bertz CT molecular complexity index is 607. The molecule has 2 bridgehead atoms. The van der Waals surface area contributed by atoms with Crippen molar-refractivity contribution in [3.63, 3.8) is 0 Å². The van der Waals surface area contributed by atoms with Gasteiger partial charge < -0.3 is 20.1 Å². The highest BCUT2D eigenvalue weighted by Crippen LogP contribution is 2.71. The van der Waals surface area contributed by atoms with E-state index >= 15 is 0 Å². The van der Waals surface area contributed by atoms with Gasteiger partial charge in [0.2, 0.25) is 0 Å². The number of aliphatic hydroxyl groups excluding tert-OH is 3. The van der Waals surface area contributed by atoms with Crippen LogP contribution >= 0.6 is 0 Å². The lowest BCUT2D eigenvalue weighted by molar-refractivity contribution is -0.162. The highest BCUT2D eigenvalue weighted by molar-refractivity contribution is 5.83. The van der Waals surface area contributed by atoms with E-state index in [2.05, 4.69) is 6.92 Å². The zero-order valence-electron chi connectivity index (χ0n) is 15.6. The summed E-state index contributed by atoms with van der Waals surface area (Å²) >= 11 is 0. The molecule has 26 heavy (non-hydrogen) atoms. The number of hydrogen-bond donors (Lipinski definition) is 3. The Morgan fingerprint density at radius 3 is 2.73 bits per heavy atom. The van der Waals surface area contributed by atoms with Gasteiger partial charge in [-0.25, -0.2) is 0 Å². The van der Waals surface area contributed by atoms with Crippen molar-refractivity contribution in [2.45, 2.75) is 76.8 Å². The maximum absolute atomic E-state index is 12.4. The van der Waals surface area contributed by atoms with E-state index in [1.807, 2.05) is 0 Å². The minimum absolute atomic E-state index is 0.0152. The summed E-state index contributed by atoms with van der Waals surface area (Å²) in [5.41, 5.74) is -0.300. The fourth-order valence-corrected chi connectivity index (χ4v) is 8.47. The summed E-state index contributed by atoms with van der Waals surface area (Å²) in [6.45, 7) is 1.97. The van der Waals surface area contributed by atoms with E-state index in [0.29, 0.717) is 23.7 Å². The zero-order chi connectivity index (χ0) is 18.3. The van der Waals surface area contributed by atoms with Gasteiger partial charge in [-0.1, -0.05) is 6.92 Å². The fourth-order valence-electron chi connectivity index (χ4n) is 8.47. The Kier molecular flexibility index (Phi) is 3.90. The molecule has 5 aliphatic rings. The van der Waals surface area contributed by atoms with Gasteiger partial charge >= 0.3 is 0 Å². The number of ether oxygens (including phenoxy) is 1. The lowest BCUT2D eigenvalue weighted by Crippen LogP contribution is -2.58. The number of hydrogen-bond acceptors (Lipinski definition) is 5. The van der Waals surface area contributed by atoms with Crippen molar-refractivity contribution in [1.82, 2.24) is 0 Å². The smallest absolute Gasteiger partial charge is 0.162 e. The van der Waals surface area contributed by atoms with Crippen LogP contribution in [0, 0.1) is 40.4 Å². The van der Waals surface area contributed by atoms with Crippen LogP contribution in [-0.2, 0) is 9.53 Å². The lowest BCUT2D eigenvalue weighted by Gasteiger charge is -2.60. The molecule has 0 aromatic carbocycles. The van der Waals surface area contributed by atoms with E-state index in [0.717, 1.165) is 51.4 Å². The Balaban J connectivity index is 1.53. The highest BCUT2D eigenvalue weighted by Gasteiger charge is 2.71. The molecule has 5 rings (SSSR count). The average molecular weight is 364 g/mol. The predicted octanol–water partition coefficient (Wildman–Crippen LogP) is 1.87. The van der Waals surface area contributed by atoms with Gasteiger partial charge in [0.25, 0.3) is 0 Å². The fraction of sp³-hybridized carbons (Fsp3) is 0.952. The van der Waals surface area contributed by atoms with Crippen LogP contribution in [0.1, 0.15) is 58.3 Å². The second-order valence-corrected chi connectivity index (χ2v) is 10.1. The topological polar surface area (TPSA) is 87.0 Å². The molecule has 1 spiro atoms. The van der Waals surface area contributed by atoms with Crippen molar-refractivity contribution >= 4 is 5.78 Å². The van der Waals surface area contributed by atoms with Crippen molar-refractivity contribution in [2.75, 3.05) is 6.61 Å². The molecule has 0 aromatic rings. The summed E-state index contributed by atoms with van der Waals surface area (Å²) in [5.74, 6) is 1.42. The van der Waals surface area contributed by atoms with E-state index in [1.165, 1.54) is 0 Å². The first-order chi connectivity index (χ1) is 12.4. The molecule has 146 valence electrons. The Labute approximate surface area is 155 Å². The standard InChI is InChI=1S/C21H32O5/c1-20-7-6-12(23)8-11(20)2-3-13-14-4-5-15(16(24)10-22)21(14)9-17(18(13)20)26-19(21)25/h11-15,17-19,22-23,25H,2-10H2,1H3/t11-,12-,13+,14+,15-,17+,18-,19?,20+,21-/m1/s1. The number of Topliss-reactive ketones (excluding diaryl/α,β-unsaturated/α-hetero) is 1. The monoisotopic (exact) mass is 364 g/mol. The third-order valence-corrected chi connectivity index (χ3v) is 9.46. The highest BCUT2D eigenvalue weighted by atomic mass is 16.6. The maximum atomic E-state index is 12.4. The molecule has 1 unspecified atom stereocenters. The molecule has 0 radical (unpaired) electrons. The van der Waals surface area contributed by atoms with Gasteiger partial charge in [0.1, 0.15) is 6.61 Å². The number of carbonyl (C=O) groups is 1. The molecule has 4 saturated carbocycles. The SMILES string of the molecule is C[C@]12CC[C@@H](O)C[C@H]1CC[C@@H]1[C@@H]2[C@@H]2C[C@]3(C(O)O2)[C@@H](C(=O)CO)CC[C@@H]13. The van der Waals surface area contributed by atoms with Crippen molar-refractivity contribution in [3.8, 4) is 0 Å². The molecular formula is C21H32O5. The summed E-state index contributed by atoms with van der Waals surface area (Å²) in [6.07, 6.45) is 6.55. The normalized spacial score (nSPS) is 58.0. The first-order valence-electron chi connectivity index (χ1n) is 10.6. The summed E-state index contributed by atoms with van der Waals surface area (Å²) in [4.78, 5) is 12.4. The summed E-state index contributed by atoms with van der Waals surface area (Å²) in [6, 6.07) is 0. The number of aliphatic hydroxyl groups is 3. The van der Waals surface area contributed by atoms with Crippen LogP contribution in [0.2, 0.25) is 0 Å². The van der Waals surface area contributed by atoms with Crippen LogP contribution in [0.25, 0.3) is 0 Å². The largest absolute Gasteiger partial charge is 0.393 e. The van der Waals surface area contributed by atoms with Gasteiger partial charge in [-0.15, -0.1) is 0 Å². The Morgan fingerprint density at radius 1 is 1.15 bits per heavy atom. The summed E-state index contributed by atoms with van der Waals surface area (Å²) in [5, 5.41) is 30.6. The number of carbonyl (C=O) groups excluding carboxylic acids is 1. The van der Waals surface area contributed by atoms with E-state index in [4.69, 9.17) is 4.74 Å². The van der Waals surface area contributed by atoms with E-state index in [9.17, 15) is 20.1 Å². The quantitative estimate of drug-likeness (QED) is 0.696. The molecular weight excluding hydrogens is 332 g/mol. The van der Waals surface area contributed by atoms with Crippen molar-refractivity contribution < 1.29 is 24.9 Å². The lowest BCUT2D eigenvalue weighted by atomic mass is 9.44. The van der Waals surface area contributed by atoms with Crippen molar-refractivity contribution in [3.05, 3.63) is 0 Å². The molecule has 4 aliphatic carbocycles. The molecule has 1 saturated heterocycles. The molecule has 10 atom stereocenters. The Morgan fingerprint density at radius 2 is 1.96 bits per heavy atom. The van der Waals surface area contributed by atoms with Crippen LogP contribution < -0.4 is 0 Å². The molecule has 0 aromatic heterocycles. The average Bonchev–Trinajstić information content (AvgIpc) is 3.14. The van der Waals surface area contributed by atoms with Gasteiger partial charge in [-0.05, 0) is 80.5 Å². The molecule has 1 aliphatic heterocycles. The maximum Gasteiger partial charge on any atom is 0.162 e. The minimum Gasteiger partial charge on any atom is -0.393 e. The van der Waals surface area contributed by atoms with Crippen LogP contribution in [0.15, 0.2) is 0 Å². The van der Waals surface area contributed by atoms with Crippen molar-refractivity contribution in [2.24, 2.45) is 40.4 Å². The summed E-state index contributed by atoms with van der Waals surface area (Å²) < 4.78 is 6.18. The first kappa shape index (κ1) is 17.6. The minimum atomic E-state index is -0.873. The zero-order valence-corrected chi connectivity index (χ0v) is 15.6. The van der Waals surface area contributed by atoms with Crippen LogP contribution in [-0.4, -0.2) is 46.2 Å². The van der Waals surface area contributed by atoms with Crippen LogP contribution in [0.4, 0.5) is 0 Å². The number of rotatable bonds is 2. The predicted molar refractivity (Wildman–Crippen MR) is 93.9 cm³/mol. The molecule has 1 heterocycles. The molecule has 5 fully saturated rings. The number of ketones is 1. The van der Waals surface area contributed by atoms with Crippen LogP contribution in [0.3, 0.4) is 0 Å². The third kappa shape index (κ3) is 2.04. The summed E-state index contributed by atoms with van der Waals surface area (Å²) in [7, 11) is 0. The van der Waals surface area contributed by atoms with Crippen LogP contribution in [0.5, 0.6) is 0 Å². The molecule has 5 heteroatoms. The number of fused-ring (bicyclic) bond motifs is 6.